The van der Waals surface area contributed by atoms with Crippen molar-refractivity contribution in [3.8, 4) is 5.75 Å². The summed E-state index contributed by atoms with van der Waals surface area (Å²) in [5.74, 6) is 0.809. The van der Waals surface area contributed by atoms with E-state index in [9.17, 15) is 4.79 Å². The molecule has 0 bridgehead atoms. The number of fused-ring (bicyclic) bond motifs is 1. The molecule has 0 unspecified atom stereocenters. The summed E-state index contributed by atoms with van der Waals surface area (Å²) in [4.78, 5) is 11.8. The number of hydrogen-bond donors (Lipinski definition) is 2. The maximum atomic E-state index is 11.8. The molecule has 24 heavy (non-hydrogen) atoms. The van der Waals surface area contributed by atoms with Gasteiger partial charge in [0.25, 0.3) is 0 Å². The SMILES string of the molecule is O=C(NCCOc1ccccc1)NCCc1csc2ccccc12. The Hall–Kier alpha value is -2.53. The zero-order valence-electron chi connectivity index (χ0n) is 13.3. The highest BCUT2D eigenvalue weighted by Crippen LogP contribution is 2.25. The molecule has 0 radical (unpaired) electrons. The van der Waals surface area contributed by atoms with Gasteiger partial charge in [-0.3, -0.25) is 0 Å². The molecule has 0 saturated carbocycles. The standard InChI is InChI=1S/C19H20N2O2S/c22-19(21-12-13-23-16-6-2-1-3-7-16)20-11-10-15-14-24-18-9-5-4-8-17(15)18/h1-9,14H,10-13H2,(H2,20,21,22). The lowest BCUT2D eigenvalue weighted by atomic mass is 10.1. The molecular formula is C19H20N2O2S. The number of rotatable bonds is 7. The van der Waals surface area contributed by atoms with Crippen LogP contribution in [0.2, 0.25) is 0 Å². The molecule has 0 fully saturated rings. The number of para-hydroxylation sites is 1. The number of carbonyl (C=O) groups is 1. The Morgan fingerprint density at radius 2 is 1.71 bits per heavy atom. The molecule has 4 nitrogen and oxygen atoms in total. The minimum atomic E-state index is -0.161. The molecule has 0 atom stereocenters. The third-order valence-electron chi connectivity index (χ3n) is 3.64. The predicted octanol–water partition coefficient (Wildman–Crippen LogP) is 3.82. The molecule has 1 heterocycles. The normalized spacial score (nSPS) is 10.5. The Labute approximate surface area is 145 Å². The largest absolute Gasteiger partial charge is 0.492 e. The van der Waals surface area contributed by atoms with E-state index in [0.717, 1.165) is 12.2 Å². The van der Waals surface area contributed by atoms with Crippen molar-refractivity contribution in [2.75, 3.05) is 19.7 Å². The van der Waals surface area contributed by atoms with E-state index in [2.05, 4.69) is 28.1 Å². The first-order valence-electron chi connectivity index (χ1n) is 7.97. The first kappa shape index (κ1) is 16.3. The molecule has 5 heteroatoms. The number of hydrogen-bond acceptors (Lipinski definition) is 3. The number of amides is 2. The van der Waals surface area contributed by atoms with E-state index in [0.29, 0.717) is 19.7 Å². The van der Waals surface area contributed by atoms with Crippen LogP contribution in [0.4, 0.5) is 4.79 Å². The molecule has 0 saturated heterocycles. The van der Waals surface area contributed by atoms with Gasteiger partial charge in [0.1, 0.15) is 12.4 Å². The number of thiophene rings is 1. The van der Waals surface area contributed by atoms with Crippen molar-refractivity contribution >= 4 is 27.5 Å². The van der Waals surface area contributed by atoms with Crippen molar-refractivity contribution < 1.29 is 9.53 Å². The molecule has 2 N–H and O–H groups in total. The number of carbonyl (C=O) groups excluding carboxylic acids is 1. The van der Waals surface area contributed by atoms with Crippen molar-refractivity contribution in [1.82, 2.24) is 10.6 Å². The van der Waals surface area contributed by atoms with E-state index in [1.807, 2.05) is 42.5 Å². The summed E-state index contributed by atoms with van der Waals surface area (Å²) in [6, 6.07) is 17.8. The zero-order valence-corrected chi connectivity index (χ0v) is 14.1. The first-order valence-corrected chi connectivity index (χ1v) is 8.85. The Bertz CT molecular complexity index is 786. The summed E-state index contributed by atoms with van der Waals surface area (Å²) in [5.41, 5.74) is 1.28. The van der Waals surface area contributed by atoms with Gasteiger partial charge in [-0.2, -0.15) is 0 Å². The lowest BCUT2D eigenvalue weighted by Gasteiger charge is -2.09. The van der Waals surface area contributed by atoms with E-state index < -0.39 is 0 Å². The van der Waals surface area contributed by atoms with Gasteiger partial charge in [-0.1, -0.05) is 36.4 Å². The van der Waals surface area contributed by atoms with E-state index >= 15 is 0 Å². The molecular weight excluding hydrogens is 320 g/mol. The number of ether oxygens (including phenoxy) is 1. The van der Waals surface area contributed by atoms with Crippen molar-refractivity contribution in [2.45, 2.75) is 6.42 Å². The van der Waals surface area contributed by atoms with Crippen LogP contribution in [0.1, 0.15) is 5.56 Å². The fourth-order valence-corrected chi connectivity index (χ4v) is 3.45. The van der Waals surface area contributed by atoms with Gasteiger partial charge >= 0.3 is 6.03 Å². The van der Waals surface area contributed by atoms with E-state index in [4.69, 9.17) is 4.74 Å². The average Bonchev–Trinajstić information content (AvgIpc) is 3.03. The molecule has 0 aliphatic carbocycles. The molecule has 2 amide bonds. The van der Waals surface area contributed by atoms with Crippen molar-refractivity contribution in [3.63, 3.8) is 0 Å². The van der Waals surface area contributed by atoms with Crippen LogP contribution >= 0.6 is 11.3 Å². The molecule has 0 aliphatic rings. The van der Waals surface area contributed by atoms with Crippen LogP contribution in [0.3, 0.4) is 0 Å². The maximum absolute atomic E-state index is 11.8. The highest BCUT2D eigenvalue weighted by atomic mass is 32.1. The molecule has 0 aliphatic heterocycles. The number of urea groups is 1. The lowest BCUT2D eigenvalue weighted by molar-refractivity contribution is 0.236. The van der Waals surface area contributed by atoms with Crippen molar-refractivity contribution in [1.29, 1.82) is 0 Å². The smallest absolute Gasteiger partial charge is 0.314 e. The summed E-state index contributed by atoms with van der Waals surface area (Å²) in [6.45, 7) is 1.54. The fraction of sp³-hybridized carbons (Fsp3) is 0.211. The second-order valence-corrected chi connectivity index (χ2v) is 6.26. The quantitative estimate of drug-likeness (QED) is 0.642. The molecule has 3 aromatic rings. The molecule has 2 aromatic carbocycles. The van der Waals surface area contributed by atoms with Crippen LogP contribution in [-0.4, -0.2) is 25.7 Å². The lowest BCUT2D eigenvalue weighted by Crippen LogP contribution is -2.38. The second-order valence-electron chi connectivity index (χ2n) is 5.35. The van der Waals surface area contributed by atoms with Gasteiger partial charge in [0, 0.05) is 11.2 Å². The monoisotopic (exact) mass is 340 g/mol. The van der Waals surface area contributed by atoms with Crippen molar-refractivity contribution in [3.05, 3.63) is 65.5 Å². The minimum absolute atomic E-state index is 0.161. The third-order valence-corrected chi connectivity index (χ3v) is 4.65. The third kappa shape index (κ3) is 4.49. The van der Waals surface area contributed by atoms with Gasteiger partial charge < -0.3 is 15.4 Å². The maximum Gasteiger partial charge on any atom is 0.314 e. The van der Waals surface area contributed by atoms with Gasteiger partial charge in [-0.15, -0.1) is 11.3 Å². The van der Waals surface area contributed by atoms with Gasteiger partial charge in [0.2, 0.25) is 0 Å². The van der Waals surface area contributed by atoms with E-state index in [1.165, 1.54) is 15.6 Å². The molecule has 1 aromatic heterocycles. The number of benzene rings is 2. The van der Waals surface area contributed by atoms with Gasteiger partial charge in [-0.25, -0.2) is 4.79 Å². The summed E-state index contributed by atoms with van der Waals surface area (Å²) in [6.07, 6.45) is 0.831. The molecule has 124 valence electrons. The minimum Gasteiger partial charge on any atom is -0.492 e. The van der Waals surface area contributed by atoms with Crippen LogP contribution < -0.4 is 15.4 Å². The Kier molecular flexibility index (Phi) is 5.69. The zero-order chi connectivity index (χ0) is 16.6. The van der Waals surface area contributed by atoms with Crippen LogP contribution in [0.15, 0.2) is 60.0 Å². The van der Waals surface area contributed by atoms with Crippen molar-refractivity contribution in [2.24, 2.45) is 0 Å². The van der Waals surface area contributed by atoms with Gasteiger partial charge in [0.15, 0.2) is 0 Å². The fourth-order valence-electron chi connectivity index (χ4n) is 2.45. The van der Waals surface area contributed by atoms with E-state index in [1.54, 1.807) is 11.3 Å². The van der Waals surface area contributed by atoms with Crippen LogP contribution in [0.25, 0.3) is 10.1 Å². The molecule has 3 rings (SSSR count). The van der Waals surface area contributed by atoms with Crippen LogP contribution in [0, 0.1) is 0 Å². The Morgan fingerprint density at radius 1 is 0.958 bits per heavy atom. The highest BCUT2D eigenvalue weighted by Gasteiger charge is 2.04. The Morgan fingerprint density at radius 3 is 2.58 bits per heavy atom. The topological polar surface area (TPSA) is 50.4 Å². The van der Waals surface area contributed by atoms with E-state index in [-0.39, 0.29) is 6.03 Å². The predicted molar refractivity (Wildman–Crippen MR) is 98.9 cm³/mol. The highest BCUT2D eigenvalue weighted by molar-refractivity contribution is 7.17. The number of nitrogens with one attached hydrogen (secondary N) is 2. The summed E-state index contributed by atoms with van der Waals surface area (Å²) in [7, 11) is 0. The average molecular weight is 340 g/mol. The van der Waals surface area contributed by atoms with Gasteiger partial charge in [0.05, 0.1) is 6.54 Å². The van der Waals surface area contributed by atoms with Crippen LogP contribution in [-0.2, 0) is 6.42 Å². The first-order chi connectivity index (χ1) is 11.8. The summed E-state index contributed by atoms with van der Waals surface area (Å²) < 4.78 is 6.81. The summed E-state index contributed by atoms with van der Waals surface area (Å²) >= 11 is 1.74. The van der Waals surface area contributed by atoms with Gasteiger partial charge in [-0.05, 0) is 40.9 Å². The molecule has 0 spiro atoms. The van der Waals surface area contributed by atoms with Crippen LogP contribution in [0.5, 0.6) is 5.75 Å². The summed E-state index contributed by atoms with van der Waals surface area (Å²) in [5, 5.41) is 9.12. The second kappa shape index (κ2) is 8.36. The Balaban J connectivity index is 1.34.